The molecule has 1 saturated carbocycles. The second-order valence-corrected chi connectivity index (χ2v) is 6.51. The number of ether oxygens (including phenoxy) is 1. The Morgan fingerprint density at radius 1 is 1.10 bits per heavy atom. The third-order valence-electron chi connectivity index (χ3n) is 5.10. The lowest BCUT2D eigenvalue weighted by atomic mass is 10.1. The van der Waals surface area contributed by atoms with Crippen molar-refractivity contribution < 1.29 is 9.53 Å². The Kier molecular flexibility index (Phi) is 3.34. The topological polar surface area (TPSA) is 32.8 Å². The molecule has 2 aliphatic heterocycles. The van der Waals surface area contributed by atoms with Crippen molar-refractivity contribution in [2.75, 3.05) is 13.1 Å². The van der Waals surface area contributed by atoms with Gasteiger partial charge in [-0.1, -0.05) is 43.2 Å². The summed E-state index contributed by atoms with van der Waals surface area (Å²) < 4.78 is 5.62. The number of nitrogens with zero attached hydrogens (tertiary/aromatic N) is 2. The van der Waals surface area contributed by atoms with Gasteiger partial charge in [0.15, 0.2) is 0 Å². The van der Waals surface area contributed by atoms with Crippen molar-refractivity contribution in [1.29, 1.82) is 0 Å². The second-order valence-electron chi connectivity index (χ2n) is 6.51. The summed E-state index contributed by atoms with van der Waals surface area (Å²) in [5.74, 6) is 0. The van der Waals surface area contributed by atoms with E-state index in [4.69, 9.17) is 4.74 Å². The van der Waals surface area contributed by atoms with Gasteiger partial charge in [-0.3, -0.25) is 9.80 Å². The van der Waals surface area contributed by atoms with Crippen molar-refractivity contribution in [2.24, 2.45) is 0 Å². The summed E-state index contributed by atoms with van der Waals surface area (Å²) in [4.78, 5) is 16.6. The third kappa shape index (κ3) is 2.42. The first-order valence-corrected chi connectivity index (χ1v) is 8.06. The predicted octanol–water partition coefficient (Wildman–Crippen LogP) is 2.63. The van der Waals surface area contributed by atoms with Crippen LogP contribution in [0.15, 0.2) is 30.3 Å². The number of fused-ring (bicyclic) bond motifs is 1. The molecule has 4 heteroatoms. The maximum atomic E-state index is 12.1. The van der Waals surface area contributed by atoms with E-state index >= 15 is 0 Å². The SMILES string of the molecule is O=C1O[C@@H]2CN(Cc3ccccc3)C[C@@H]2N1C1CCCC1. The van der Waals surface area contributed by atoms with Gasteiger partial charge in [0.2, 0.25) is 0 Å². The monoisotopic (exact) mass is 286 g/mol. The van der Waals surface area contributed by atoms with Crippen molar-refractivity contribution in [3.8, 4) is 0 Å². The first kappa shape index (κ1) is 13.1. The highest BCUT2D eigenvalue weighted by molar-refractivity contribution is 5.71. The zero-order valence-electron chi connectivity index (χ0n) is 12.3. The molecule has 4 nitrogen and oxygen atoms in total. The molecule has 1 aromatic rings. The smallest absolute Gasteiger partial charge is 0.410 e. The van der Waals surface area contributed by atoms with Gasteiger partial charge in [-0.05, 0) is 18.4 Å². The molecule has 1 aromatic carbocycles. The van der Waals surface area contributed by atoms with Gasteiger partial charge < -0.3 is 4.74 Å². The quantitative estimate of drug-likeness (QED) is 0.856. The van der Waals surface area contributed by atoms with Crippen LogP contribution in [-0.2, 0) is 11.3 Å². The molecule has 4 rings (SSSR count). The van der Waals surface area contributed by atoms with Crippen molar-refractivity contribution in [2.45, 2.75) is 50.4 Å². The average molecular weight is 286 g/mol. The molecule has 2 atom stereocenters. The minimum atomic E-state index is -0.0729. The number of rotatable bonds is 3. The fourth-order valence-corrected chi connectivity index (χ4v) is 4.11. The highest BCUT2D eigenvalue weighted by Gasteiger charge is 2.50. The highest BCUT2D eigenvalue weighted by atomic mass is 16.6. The molecule has 0 bridgehead atoms. The van der Waals surface area contributed by atoms with E-state index in [0.717, 1.165) is 32.5 Å². The van der Waals surface area contributed by atoms with E-state index in [1.54, 1.807) is 0 Å². The minimum absolute atomic E-state index is 0.0711. The van der Waals surface area contributed by atoms with Crippen LogP contribution in [0.3, 0.4) is 0 Å². The molecule has 21 heavy (non-hydrogen) atoms. The Balaban J connectivity index is 1.44. The first-order valence-electron chi connectivity index (χ1n) is 8.06. The maximum absolute atomic E-state index is 12.1. The Bertz CT molecular complexity index is 513. The Morgan fingerprint density at radius 3 is 2.62 bits per heavy atom. The number of carbonyl (C=O) groups is 1. The summed E-state index contributed by atoms with van der Waals surface area (Å²) in [6.45, 7) is 2.76. The van der Waals surface area contributed by atoms with Crippen LogP contribution in [0.1, 0.15) is 31.2 Å². The van der Waals surface area contributed by atoms with Gasteiger partial charge in [0.1, 0.15) is 6.10 Å². The number of carbonyl (C=O) groups excluding carboxylic acids is 1. The van der Waals surface area contributed by atoms with Crippen LogP contribution in [-0.4, -0.2) is 47.2 Å². The van der Waals surface area contributed by atoms with E-state index in [1.807, 2.05) is 6.07 Å². The lowest BCUT2D eigenvalue weighted by molar-refractivity contribution is 0.113. The van der Waals surface area contributed by atoms with E-state index in [2.05, 4.69) is 34.1 Å². The fraction of sp³-hybridized carbons (Fsp3) is 0.588. The van der Waals surface area contributed by atoms with Gasteiger partial charge in [0, 0.05) is 25.7 Å². The molecule has 0 unspecified atom stereocenters. The molecule has 112 valence electrons. The number of benzene rings is 1. The van der Waals surface area contributed by atoms with E-state index in [-0.39, 0.29) is 18.2 Å². The lowest BCUT2D eigenvalue weighted by Crippen LogP contribution is -2.43. The van der Waals surface area contributed by atoms with Crippen LogP contribution < -0.4 is 0 Å². The zero-order chi connectivity index (χ0) is 14.2. The molecule has 2 heterocycles. The predicted molar refractivity (Wildman–Crippen MR) is 79.9 cm³/mol. The van der Waals surface area contributed by atoms with E-state index in [1.165, 1.54) is 18.4 Å². The van der Waals surface area contributed by atoms with Gasteiger partial charge >= 0.3 is 6.09 Å². The normalized spacial score (nSPS) is 29.9. The Hall–Kier alpha value is -1.55. The molecule has 0 spiro atoms. The highest BCUT2D eigenvalue weighted by Crippen LogP contribution is 2.34. The molecule has 0 radical (unpaired) electrons. The van der Waals surface area contributed by atoms with Crippen LogP contribution in [0.2, 0.25) is 0 Å². The standard InChI is InChI=1S/C17H22N2O2/c20-17-19(14-8-4-5-9-14)15-11-18(12-16(15)21-17)10-13-6-2-1-3-7-13/h1-3,6-7,14-16H,4-5,8-12H2/t15-,16+/m0/s1. The molecule has 1 aliphatic carbocycles. The molecule has 2 saturated heterocycles. The van der Waals surface area contributed by atoms with Crippen LogP contribution in [0, 0.1) is 0 Å². The average Bonchev–Trinajstić information content (AvgIpc) is 3.16. The fourth-order valence-electron chi connectivity index (χ4n) is 4.11. The van der Waals surface area contributed by atoms with E-state index in [9.17, 15) is 4.79 Å². The summed E-state index contributed by atoms with van der Waals surface area (Å²) >= 11 is 0. The number of amides is 1. The summed E-state index contributed by atoms with van der Waals surface area (Å²) in [6, 6.07) is 11.2. The molecule has 3 aliphatic rings. The molecular formula is C17H22N2O2. The van der Waals surface area contributed by atoms with E-state index < -0.39 is 0 Å². The third-order valence-corrected chi connectivity index (χ3v) is 5.10. The van der Waals surface area contributed by atoms with Gasteiger partial charge in [-0.25, -0.2) is 4.79 Å². The minimum Gasteiger partial charge on any atom is -0.442 e. The molecule has 0 aromatic heterocycles. The number of hydrogen-bond donors (Lipinski definition) is 0. The van der Waals surface area contributed by atoms with Crippen LogP contribution in [0.4, 0.5) is 4.79 Å². The van der Waals surface area contributed by atoms with Gasteiger partial charge in [0.05, 0.1) is 6.04 Å². The maximum Gasteiger partial charge on any atom is 0.410 e. The second kappa shape index (κ2) is 5.34. The number of hydrogen-bond acceptors (Lipinski definition) is 3. The van der Waals surface area contributed by atoms with Crippen molar-refractivity contribution in [3.05, 3.63) is 35.9 Å². The molecular weight excluding hydrogens is 264 g/mol. The molecule has 1 amide bonds. The summed E-state index contributed by atoms with van der Waals surface area (Å²) in [5, 5.41) is 0. The zero-order valence-corrected chi connectivity index (χ0v) is 12.3. The van der Waals surface area contributed by atoms with Crippen molar-refractivity contribution in [3.63, 3.8) is 0 Å². The van der Waals surface area contributed by atoms with Crippen LogP contribution >= 0.6 is 0 Å². The van der Waals surface area contributed by atoms with Crippen molar-refractivity contribution >= 4 is 6.09 Å². The molecule has 3 fully saturated rings. The van der Waals surface area contributed by atoms with Gasteiger partial charge in [-0.15, -0.1) is 0 Å². The van der Waals surface area contributed by atoms with Crippen LogP contribution in [0.25, 0.3) is 0 Å². The largest absolute Gasteiger partial charge is 0.442 e. The van der Waals surface area contributed by atoms with Crippen LogP contribution in [0.5, 0.6) is 0 Å². The summed E-state index contributed by atoms with van der Waals surface area (Å²) in [5.41, 5.74) is 1.33. The Labute approximate surface area is 125 Å². The first-order chi connectivity index (χ1) is 10.3. The summed E-state index contributed by atoms with van der Waals surface area (Å²) in [7, 11) is 0. The number of likely N-dealkylation sites (tertiary alicyclic amines) is 1. The summed E-state index contributed by atoms with van der Waals surface area (Å²) in [6.07, 6.45) is 4.80. The van der Waals surface area contributed by atoms with Gasteiger partial charge in [0.25, 0.3) is 0 Å². The lowest BCUT2D eigenvalue weighted by Gasteiger charge is -2.27. The van der Waals surface area contributed by atoms with Crippen molar-refractivity contribution in [1.82, 2.24) is 9.80 Å². The van der Waals surface area contributed by atoms with Gasteiger partial charge in [-0.2, -0.15) is 0 Å². The Morgan fingerprint density at radius 2 is 1.86 bits per heavy atom. The van der Waals surface area contributed by atoms with E-state index in [0.29, 0.717) is 6.04 Å². The molecule has 0 N–H and O–H groups in total.